The van der Waals surface area contributed by atoms with E-state index in [1.54, 1.807) is 0 Å². The van der Waals surface area contributed by atoms with E-state index in [1.807, 2.05) is 31.9 Å². The summed E-state index contributed by atoms with van der Waals surface area (Å²) < 4.78 is 1.91. The van der Waals surface area contributed by atoms with E-state index in [4.69, 9.17) is 17.3 Å². The number of aromatic nitrogens is 3. The molecule has 6 heteroatoms. The van der Waals surface area contributed by atoms with Crippen molar-refractivity contribution < 1.29 is 0 Å². The van der Waals surface area contributed by atoms with Crippen LogP contribution in [0.3, 0.4) is 0 Å². The molecule has 0 saturated heterocycles. The first-order chi connectivity index (χ1) is 7.49. The van der Waals surface area contributed by atoms with Crippen LogP contribution in [0.15, 0.2) is 6.20 Å². The van der Waals surface area contributed by atoms with E-state index in [2.05, 4.69) is 14.9 Å². The second kappa shape index (κ2) is 3.92. The van der Waals surface area contributed by atoms with E-state index < -0.39 is 0 Å². The van der Waals surface area contributed by atoms with Crippen molar-refractivity contribution >= 4 is 28.6 Å². The number of nitrogens with two attached hydrogens (primary N) is 1. The zero-order valence-electron chi connectivity index (χ0n) is 9.53. The highest BCUT2D eigenvalue weighted by Gasteiger charge is 2.13. The minimum absolute atomic E-state index is 0.204. The summed E-state index contributed by atoms with van der Waals surface area (Å²) in [6.07, 6.45) is 2.00. The van der Waals surface area contributed by atoms with Gasteiger partial charge in [0.2, 0.25) is 5.95 Å². The third-order valence-electron chi connectivity index (χ3n) is 2.35. The van der Waals surface area contributed by atoms with Crippen molar-refractivity contribution in [3.05, 3.63) is 16.9 Å². The minimum atomic E-state index is 0.204. The highest BCUT2D eigenvalue weighted by molar-refractivity contribution is 6.34. The Morgan fingerprint density at radius 2 is 2.12 bits per heavy atom. The molecule has 0 fully saturated rings. The average Bonchev–Trinajstić information content (AvgIpc) is 2.42. The number of hydrogen-bond donors (Lipinski definition) is 1. The molecule has 86 valence electrons. The number of rotatable bonds is 2. The lowest BCUT2D eigenvalue weighted by atomic mass is 10.2. The minimum Gasteiger partial charge on any atom is -0.368 e. The van der Waals surface area contributed by atoms with Crippen LogP contribution in [0.5, 0.6) is 0 Å². The molecular weight excluding hydrogens is 226 g/mol. The summed E-state index contributed by atoms with van der Waals surface area (Å²) in [6.45, 7) is 0.796. The van der Waals surface area contributed by atoms with E-state index in [0.717, 1.165) is 23.1 Å². The number of hydrogen-bond acceptors (Lipinski definition) is 4. The summed E-state index contributed by atoms with van der Waals surface area (Å²) in [7, 11) is 5.93. The van der Waals surface area contributed by atoms with Crippen LogP contribution in [0.25, 0.3) is 11.0 Å². The fourth-order valence-corrected chi connectivity index (χ4v) is 2.08. The first kappa shape index (κ1) is 11.2. The number of fused-ring (bicyclic) bond motifs is 1. The Balaban J connectivity index is 2.68. The molecule has 2 heterocycles. The van der Waals surface area contributed by atoms with E-state index in [9.17, 15) is 0 Å². The van der Waals surface area contributed by atoms with Gasteiger partial charge in [-0.15, -0.1) is 0 Å². The molecule has 0 aromatic carbocycles. The predicted molar refractivity (Wildman–Crippen MR) is 65.3 cm³/mol. The van der Waals surface area contributed by atoms with Gasteiger partial charge in [0.25, 0.3) is 0 Å². The van der Waals surface area contributed by atoms with E-state index in [1.165, 1.54) is 0 Å². The fourth-order valence-electron chi connectivity index (χ4n) is 1.79. The Morgan fingerprint density at radius 3 is 2.75 bits per heavy atom. The van der Waals surface area contributed by atoms with Crippen LogP contribution in [0.4, 0.5) is 5.95 Å². The largest absolute Gasteiger partial charge is 0.368 e. The van der Waals surface area contributed by atoms with E-state index in [0.29, 0.717) is 5.15 Å². The van der Waals surface area contributed by atoms with Crippen LogP contribution in [-0.4, -0.2) is 33.5 Å². The predicted octanol–water partition coefficient (Wildman–Crippen LogP) is 1.27. The van der Waals surface area contributed by atoms with Crippen molar-refractivity contribution in [1.29, 1.82) is 0 Å². The van der Waals surface area contributed by atoms with E-state index >= 15 is 0 Å². The standard InChI is InChI=1S/C10H14ClN5/c1-15(2)4-6-5-16(3)9-7(6)8(11)13-10(12)14-9/h5H,4H2,1-3H3,(H2,12,13,14). The van der Waals surface area contributed by atoms with Crippen LogP contribution in [0, 0.1) is 0 Å². The second-order valence-electron chi connectivity index (χ2n) is 4.07. The van der Waals surface area contributed by atoms with Crippen LogP contribution in [0.2, 0.25) is 5.15 Å². The molecule has 0 spiro atoms. The van der Waals surface area contributed by atoms with Crippen LogP contribution < -0.4 is 5.73 Å². The maximum absolute atomic E-state index is 6.10. The molecule has 16 heavy (non-hydrogen) atoms. The SMILES string of the molecule is CN(C)Cc1cn(C)c2nc(N)nc(Cl)c12. The molecular formula is C10H14ClN5. The van der Waals surface area contributed by atoms with Gasteiger partial charge in [0, 0.05) is 19.8 Å². The molecule has 2 rings (SSSR count). The summed E-state index contributed by atoms with van der Waals surface area (Å²) in [6, 6.07) is 0. The van der Waals surface area contributed by atoms with Gasteiger partial charge < -0.3 is 15.2 Å². The van der Waals surface area contributed by atoms with Gasteiger partial charge in [-0.3, -0.25) is 0 Å². The highest BCUT2D eigenvalue weighted by Crippen LogP contribution is 2.26. The number of anilines is 1. The van der Waals surface area contributed by atoms with Gasteiger partial charge in [-0.05, 0) is 19.7 Å². The summed E-state index contributed by atoms with van der Waals surface area (Å²) >= 11 is 6.10. The van der Waals surface area contributed by atoms with Crippen LogP contribution in [-0.2, 0) is 13.6 Å². The molecule has 0 amide bonds. The zero-order valence-corrected chi connectivity index (χ0v) is 10.3. The lowest BCUT2D eigenvalue weighted by molar-refractivity contribution is 0.404. The molecule has 2 N–H and O–H groups in total. The third kappa shape index (κ3) is 1.83. The van der Waals surface area contributed by atoms with E-state index in [-0.39, 0.29) is 5.95 Å². The summed E-state index contributed by atoms with van der Waals surface area (Å²) in [4.78, 5) is 10.2. The fraction of sp³-hybridized carbons (Fsp3) is 0.400. The van der Waals surface area contributed by atoms with Gasteiger partial charge in [0.1, 0.15) is 10.8 Å². The molecule has 2 aromatic rings. The molecule has 0 aliphatic carbocycles. The first-order valence-corrected chi connectivity index (χ1v) is 5.28. The second-order valence-corrected chi connectivity index (χ2v) is 4.43. The first-order valence-electron chi connectivity index (χ1n) is 4.90. The van der Waals surface area contributed by atoms with Crippen molar-refractivity contribution in [3.63, 3.8) is 0 Å². The van der Waals surface area contributed by atoms with Gasteiger partial charge in [0.05, 0.1) is 5.39 Å². The number of halogens is 1. The lowest BCUT2D eigenvalue weighted by Gasteiger charge is -2.08. The van der Waals surface area contributed by atoms with Crippen molar-refractivity contribution in [3.8, 4) is 0 Å². The molecule has 0 aliphatic heterocycles. The van der Waals surface area contributed by atoms with Crippen molar-refractivity contribution in [2.24, 2.45) is 7.05 Å². The molecule has 0 atom stereocenters. The van der Waals surface area contributed by atoms with Crippen molar-refractivity contribution in [1.82, 2.24) is 19.4 Å². The number of nitrogens with zero attached hydrogens (tertiary/aromatic N) is 4. The number of aryl methyl sites for hydroxylation is 1. The Bertz CT molecular complexity index is 531. The van der Waals surface area contributed by atoms with Crippen molar-refractivity contribution in [2.75, 3.05) is 19.8 Å². The Morgan fingerprint density at radius 1 is 1.44 bits per heavy atom. The quantitative estimate of drug-likeness (QED) is 0.802. The number of nitrogen functional groups attached to an aromatic ring is 1. The molecule has 2 aromatic heterocycles. The summed E-state index contributed by atoms with van der Waals surface area (Å²) in [5.74, 6) is 0.204. The van der Waals surface area contributed by atoms with Crippen LogP contribution >= 0.6 is 11.6 Å². The van der Waals surface area contributed by atoms with Gasteiger partial charge in [0.15, 0.2) is 0 Å². The maximum atomic E-state index is 6.10. The summed E-state index contributed by atoms with van der Waals surface area (Å²) in [5.41, 5.74) is 7.45. The molecule has 0 unspecified atom stereocenters. The normalized spacial score (nSPS) is 11.6. The summed E-state index contributed by atoms with van der Waals surface area (Å²) in [5, 5.41) is 1.30. The highest BCUT2D eigenvalue weighted by atomic mass is 35.5. The third-order valence-corrected chi connectivity index (χ3v) is 2.63. The zero-order chi connectivity index (χ0) is 11.9. The van der Waals surface area contributed by atoms with Gasteiger partial charge in [-0.2, -0.15) is 4.98 Å². The maximum Gasteiger partial charge on any atom is 0.223 e. The molecule has 5 nitrogen and oxygen atoms in total. The molecule has 0 saturated carbocycles. The van der Waals surface area contributed by atoms with Crippen LogP contribution in [0.1, 0.15) is 5.56 Å². The molecule has 0 aliphatic rings. The molecule has 0 radical (unpaired) electrons. The Kier molecular flexibility index (Phi) is 2.73. The Hall–Kier alpha value is -1.33. The smallest absolute Gasteiger partial charge is 0.223 e. The van der Waals surface area contributed by atoms with Gasteiger partial charge in [-0.1, -0.05) is 11.6 Å². The topological polar surface area (TPSA) is 60.0 Å². The lowest BCUT2D eigenvalue weighted by Crippen LogP contribution is -2.10. The van der Waals surface area contributed by atoms with Crippen molar-refractivity contribution in [2.45, 2.75) is 6.54 Å². The van der Waals surface area contributed by atoms with Gasteiger partial charge >= 0.3 is 0 Å². The monoisotopic (exact) mass is 239 g/mol. The van der Waals surface area contributed by atoms with Gasteiger partial charge in [-0.25, -0.2) is 4.98 Å². The average molecular weight is 240 g/mol. The molecule has 0 bridgehead atoms. The Labute approximate surface area is 98.8 Å².